The average molecular weight is 155 g/mol. The van der Waals surface area contributed by atoms with E-state index in [0.29, 0.717) is 0 Å². The fourth-order valence-corrected chi connectivity index (χ4v) is 0.199. The number of rotatable bonds is 3. The second-order valence-electron chi connectivity index (χ2n) is 1.48. The summed E-state index contributed by atoms with van der Waals surface area (Å²) in [5, 5.41) is 18.2. The molecule has 0 heterocycles. The number of carbonyl (C=O) groups excluding carboxylic acids is 2. The van der Waals surface area contributed by atoms with E-state index >= 15 is 0 Å². The van der Waals surface area contributed by atoms with Crippen LogP contribution in [0.1, 0.15) is 6.92 Å². The Balaban J connectivity index is 0. The van der Waals surface area contributed by atoms with Crippen molar-refractivity contribution in [1.82, 2.24) is 5.06 Å². The second kappa shape index (κ2) is 5.67. The van der Waals surface area contributed by atoms with Gasteiger partial charge in [-0.25, -0.2) is 5.06 Å². The van der Waals surface area contributed by atoms with Crippen molar-refractivity contribution in [3.8, 4) is 0 Å². The first-order chi connectivity index (χ1) is 4.09. The largest absolute Gasteiger partial charge is 1.00 e. The van der Waals surface area contributed by atoms with Gasteiger partial charge >= 0.3 is 29.6 Å². The van der Waals surface area contributed by atoms with Crippen LogP contribution in [0.4, 0.5) is 0 Å². The molecule has 0 aliphatic rings. The molecule has 0 rings (SSSR count). The predicted octanol–water partition coefficient (Wildman–Crippen LogP) is -5.02. The van der Waals surface area contributed by atoms with Crippen molar-refractivity contribution in [2.75, 3.05) is 0 Å². The Morgan fingerprint density at radius 3 is 2.30 bits per heavy atom. The van der Waals surface area contributed by atoms with Crippen LogP contribution in [0.25, 0.3) is 0 Å². The first-order valence-corrected chi connectivity index (χ1v) is 2.23. The molecule has 10 heavy (non-hydrogen) atoms. The maximum Gasteiger partial charge on any atom is 1.00 e. The fraction of sp³-hybridized carbons (Fsp3) is 0.500. The monoisotopic (exact) mass is 155 g/mol. The number of hydroxylamine groups is 2. The standard InChI is InChI=1S/C4H7NO4.Na/c1-3(4(7)8)5(9)2-6;/h2-3,9H,1H3,(H,7,8);/q;+1/p-1. The molecule has 1 amide bonds. The Morgan fingerprint density at radius 1 is 1.80 bits per heavy atom. The number of carboxylic acids is 1. The quantitative estimate of drug-likeness (QED) is 0.191. The van der Waals surface area contributed by atoms with Crippen LogP contribution in [-0.2, 0) is 9.59 Å². The van der Waals surface area contributed by atoms with Crippen molar-refractivity contribution in [3.63, 3.8) is 0 Å². The van der Waals surface area contributed by atoms with Crippen molar-refractivity contribution in [2.24, 2.45) is 0 Å². The summed E-state index contributed by atoms with van der Waals surface area (Å²) < 4.78 is 0. The smallest absolute Gasteiger partial charge is 0.548 e. The fourth-order valence-electron chi connectivity index (χ4n) is 0.199. The van der Waals surface area contributed by atoms with Crippen LogP contribution in [0.2, 0.25) is 0 Å². The number of hydrogen-bond donors (Lipinski definition) is 1. The molecule has 0 spiro atoms. The van der Waals surface area contributed by atoms with Gasteiger partial charge in [0, 0.05) is 0 Å². The van der Waals surface area contributed by atoms with Gasteiger partial charge in [0.15, 0.2) is 0 Å². The molecule has 0 bridgehead atoms. The van der Waals surface area contributed by atoms with E-state index in [9.17, 15) is 14.7 Å². The minimum absolute atomic E-state index is 0. The summed E-state index contributed by atoms with van der Waals surface area (Å²) >= 11 is 0. The van der Waals surface area contributed by atoms with Gasteiger partial charge in [0.1, 0.15) is 0 Å². The molecular formula is C4H6NNaO4. The summed E-state index contributed by atoms with van der Waals surface area (Å²) in [6.07, 6.45) is 0.000463. The van der Waals surface area contributed by atoms with Crippen LogP contribution in [-0.4, -0.2) is 28.7 Å². The van der Waals surface area contributed by atoms with E-state index in [1.54, 1.807) is 0 Å². The van der Waals surface area contributed by atoms with Crippen molar-refractivity contribution in [3.05, 3.63) is 0 Å². The van der Waals surface area contributed by atoms with Crippen LogP contribution >= 0.6 is 0 Å². The van der Waals surface area contributed by atoms with Crippen molar-refractivity contribution >= 4 is 12.4 Å². The van der Waals surface area contributed by atoms with Gasteiger partial charge in [-0.2, -0.15) is 0 Å². The third-order valence-corrected chi connectivity index (χ3v) is 0.846. The number of aliphatic carboxylic acids is 1. The van der Waals surface area contributed by atoms with Crippen molar-refractivity contribution in [1.29, 1.82) is 0 Å². The van der Waals surface area contributed by atoms with Crippen LogP contribution in [0, 0.1) is 0 Å². The number of nitrogens with zero attached hydrogens (tertiary/aromatic N) is 1. The van der Waals surface area contributed by atoms with Crippen LogP contribution in [0.5, 0.6) is 0 Å². The zero-order chi connectivity index (χ0) is 7.44. The molecule has 0 aromatic heterocycles. The van der Waals surface area contributed by atoms with Gasteiger partial charge in [0.25, 0.3) is 0 Å². The van der Waals surface area contributed by atoms with Gasteiger partial charge < -0.3 is 9.90 Å². The van der Waals surface area contributed by atoms with E-state index in [1.165, 1.54) is 0 Å². The molecule has 0 aliphatic heterocycles. The minimum Gasteiger partial charge on any atom is -0.548 e. The topological polar surface area (TPSA) is 80.7 Å². The third-order valence-electron chi connectivity index (χ3n) is 0.846. The summed E-state index contributed by atoms with van der Waals surface area (Å²) in [6, 6.07) is -1.29. The van der Waals surface area contributed by atoms with Crippen molar-refractivity contribution in [2.45, 2.75) is 13.0 Å². The van der Waals surface area contributed by atoms with E-state index in [2.05, 4.69) is 0 Å². The molecular weight excluding hydrogens is 149 g/mol. The molecule has 1 unspecified atom stereocenters. The zero-order valence-electron chi connectivity index (χ0n) is 5.77. The van der Waals surface area contributed by atoms with Gasteiger partial charge in [0.2, 0.25) is 6.41 Å². The van der Waals surface area contributed by atoms with E-state index in [0.717, 1.165) is 6.92 Å². The van der Waals surface area contributed by atoms with E-state index in [4.69, 9.17) is 5.21 Å². The Kier molecular flexibility index (Phi) is 7.12. The normalized spacial score (nSPS) is 11.0. The molecule has 5 nitrogen and oxygen atoms in total. The van der Waals surface area contributed by atoms with Gasteiger partial charge in [-0.1, -0.05) is 0 Å². The first kappa shape index (κ1) is 12.6. The molecule has 1 atom stereocenters. The molecule has 0 saturated carbocycles. The SMILES string of the molecule is CC(C(=O)[O-])N(O)C=O.[Na+]. The number of amides is 1. The molecule has 0 radical (unpaired) electrons. The molecule has 0 aromatic rings. The third kappa shape index (κ3) is 3.84. The summed E-state index contributed by atoms with van der Waals surface area (Å²) in [6.45, 7) is 1.13. The number of carbonyl (C=O) groups is 2. The van der Waals surface area contributed by atoms with Gasteiger partial charge in [0.05, 0.1) is 12.0 Å². The Hall–Kier alpha value is -0.100. The van der Waals surface area contributed by atoms with Crippen LogP contribution in [0.15, 0.2) is 0 Å². The van der Waals surface area contributed by atoms with Gasteiger partial charge in [-0.15, -0.1) is 0 Å². The first-order valence-electron chi connectivity index (χ1n) is 2.23. The zero-order valence-corrected chi connectivity index (χ0v) is 7.77. The van der Waals surface area contributed by atoms with Gasteiger partial charge in [-0.3, -0.25) is 10.0 Å². The molecule has 0 saturated heterocycles. The summed E-state index contributed by atoms with van der Waals surface area (Å²) in [5.41, 5.74) is 0. The maximum absolute atomic E-state index is 9.83. The summed E-state index contributed by atoms with van der Waals surface area (Å²) in [5.74, 6) is -1.50. The Bertz CT molecular complexity index is 128. The van der Waals surface area contributed by atoms with Gasteiger partial charge in [-0.05, 0) is 6.92 Å². The molecule has 52 valence electrons. The van der Waals surface area contributed by atoms with Crippen LogP contribution < -0.4 is 34.7 Å². The van der Waals surface area contributed by atoms with E-state index in [1.807, 2.05) is 0 Å². The summed E-state index contributed by atoms with van der Waals surface area (Å²) in [4.78, 5) is 19.5. The summed E-state index contributed by atoms with van der Waals surface area (Å²) in [7, 11) is 0. The number of carboxylic acid groups (broad SMARTS) is 1. The Labute approximate surface area is 79.9 Å². The van der Waals surface area contributed by atoms with Crippen LogP contribution in [0.3, 0.4) is 0 Å². The van der Waals surface area contributed by atoms with E-state index < -0.39 is 12.0 Å². The van der Waals surface area contributed by atoms with E-state index in [-0.39, 0.29) is 41.0 Å². The molecule has 6 heteroatoms. The number of hydrogen-bond acceptors (Lipinski definition) is 4. The predicted molar refractivity (Wildman–Crippen MR) is 24.2 cm³/mol. The maximum atomic E-state index is 9.83. The molecule has 0 fully saturated rings. The molecule has 0 aliphatic carbocycles. The molecule has 1 N–H and O–H groups in total. The Morgan fingerprint density at radius 2 is 2.20 bits per heavy atom. The average Bonchev–Trinajstić information content (AvgIpc) is 1.84. The van der Waals surface area contributed by atoms with Crippen molar-refractivity contribution < 1.29 is 49.5 Å². The second-order valence-corrected chi connectivity index (χ2v) is 1.48. The molecule has 0 aromatic carbocycles. The minimum atomic E-state index is -1.50.